The second-order valence-electron chi connectivity index (χ2n) is 3.65. The summed E-state index contributed by atoms with van der Waals surface area (Å²) in [4.78, 5) is 23.6. The fourth-order valence-corrected chi connectivity index (χ4v) is 1.77. The summed E-state index contributed by atoms with van der Waals surface area (Å²) < 4.78 is 13.2. The predicted molar refractivity (Wildman–Crippen MR) is 54.9 cm³/mol. The molecule has 0 radical (unpaired) electrons. The lowest BCUT2D eigenvalue weighted by atomic mass is 10.2. The smallest absolute Gasteiger partial charge is 0.335 e. The van der Waals surface area contributed by atoms with Gasteiger partial charge in [-0.05, 0) is 24.6 Å². The van der Waals surface area contributed by atoms with Crippen molar-refractivity contribution in [1.29, 1.82) is 0 Å². The highest BCUT2D eigenvalue weighted by molar-refractivity contribution is 5.97. The van der Waals surface area contributed by atoms with Gasteiger partial charge in [0.25, 0.3) is 0 Å². The summed E-state index contributed by atoms with van der Waals surface area (Å²) in [6.45, 7) is 0.515. The van der Waals surface area contributed by atoms with Crippen molar-refractivity contribution < 1.29 is 19.1 Å². The van der Waals surface area contributed by atoms with Crippen LogP contribution in [0.25, 0.3) is 0 Å². The van der Waals surface area contributed by atoms with Gasteiger partial charge >= 0.3 is 5.97 Å². The molecule has 2 rings (SSSR count). The van der Waals surface area contributed by atoms with E-state index in [1.54, 1.807) is 0 Å². The van der Waals surface area contributed by atoms with Crippen LogP contribution in [0.3, 0.4) is 0 Å². The molecule has 1 aliphatic rings. The Morgan fingerprint density at radius 3 is 2.69 bits per heavy atom. The normalized spacial score (nSPS) is 15.6. The van der Waals surface area contributed by atoms with Crippen molar-refractivity contribution >= 4 is 17.6 Å². The lowest BCUT2D eigenvalue weighted by molar-refractivity contribution is -0.117. The van der Waals surface area contributed by atoms with E-state index < -0.39 is 11.8 Å². The van der Waals surface area contributed by atoms with Gasteiger partial charge < -0.3 is 10.0 Å². The quantitative estimate of drug-likeness (QED) is 0.829. The second-order valence-corrected chi connectivity index (χ2v) is 3.65. The fraction of sp³-hybridized carbons (Fsp3) is 0.273. The van der Waals surface area contributed by atoms with Gasteiger partial charge in [0.05, 0.1) is 5.56 Å². The van der Waals surface area contributed by atoms with Crippen LogP contribution in [0.5, 0.6) is 0 Å². The summed E-state index contributed by atoms with van der Waals surface area (Å²) >= 11 is 0. The van der Waals surface area contributed by atoms with Crippen molar-refractivity contribution in [1.82, 2.24) is 0 Å². The lowest BCUT2D eigenvalue weighted by Crippen LogP contribution is -2.24. The Bertz CT molecular complexity index is 459. The second kappa shape index (κ2) is 3.92. The Kier molecular flexibility index (Phi) is 2.60. The van der Waals surface area contributed by atoms with E-state index in [2.05, 4.69) is 0 Å². The van der Waals surface area contributed by atoms with E-state index >= 15 is 0 Å². The summed E-state index contributed by atoms with van der Waals surface area (Å²) in [7, 11) is 0. The van der Waals surface area contributed by atoms with Crippen molar-refractivity contribution in [3.63, 3.8) is 0 Å². The molecule has 0 spiro atoms. The Labute approximate surface area is 91.3 Å². The number of anilines is 1. The maximum atomic E-state index is 13.2. The molecule has 84 valence electrons. The number of aromatic carboxylic acids is 1. The summed E-state index contributed by atoms with van der Waals surface area (Å²) in [5, 5.41) is 8.77. The molecule has 0 bridgehead atoms. The van der Waals surface area contributed by atoms with E-state index in [0.717, 1.165) is 12.5 Å². The lowest BCUT2D eigenvalue weighted by Gasteiger charge is -2.16. The minimum atomic E-state index is -1.20. The van der Waals surface area contributed by atoms with Gasteiger partial charge in [0.2, 0.25) is 5.91 Å². The standard InChI is InChI=1S/C11H10FNO3/c12-8-4-7(11(15)16)5-9(6-8)13-3-1-2-10(13)14/h4-6H,1-3H2,(H,15,16). The topological polar surface area (TPSA) is 57.6 Å². The Hall–Kier alpha value is -1.91. The molecule has 1 heterocycles. The van der Waals surface area contributed by atoms with Gasteiger partial charge in [-0.15, -0.1) is 0 Å². The zero-order valence-corrected chi connectivity index (χ0v) is 8.44. The summed E-state index contributed by atoms with van der Waals surface area (Å²) in [5.74, 6) is -1.94. The molecular formula is C11H10FNO3. The van der Waals surface area contributed by atoms with Crippen LogP contribution >= 0.6 is 0 Å². The number of carbonyl (C=O) groups excluding carboxylic acids is 1. The van der Waals surface area contributed by atoms with Crippen molar-refractivity contribution in [3.05, 3.63) is 29.6 Å². The third-order valence-corrected chi connectivity index (χ3v) is 2.51. The average Bonchev–Trinajstić information content (AvgIpc) is 2.63. The zero-order valence-electron chi connectivity index (χ0n) is 8.44. The molecule has 0 unspecified atom stereocenters. The van der Waals surface area contributed by atoms with Crippen LogP contribution in [0.4, 0.5) is 10.1 Å². The van der Waals surface area contributed by atoms with Gasteiger partial charge in [0.1, 0.15) is 5.82 Å². The SMILES string of the molecule is O=C(O)c1cc(F)cc(N2CCCC2=O)c1. The molecule has 1 N–H and O–H groups in total. The number of carboxylic acids is 1. The van der Waals surface area contributed by atoms with E-state index in [-0.39, 0.29) is 11.5 Å². The number of carbonyl (C=O) groups is 2. The van der Waals surface area contributed by atoms with E-state index in [1.165, 1.54) is 17.0 Å². The minimum Gasteiger partial charge on any atom is -0.478 e. The van der Waals surface area contributed by atoms with Gasteiger partial charge in [-0.2, -0.15) is 0 Å². The summed E-state index contributed by atoms with van der Waals surface area (Å²) in [6.07, 6.45) is 1.15. The highest BCUT2D eigenvalue weighted by Gasteiger charge is 2.23. The molecule has 1 saturated heterocycles. The highest BCUT2D eigenvalue weighted by atomic mass is 19.1. The monoisotopic (exact) mass is 223 g/mol. The molecule has 0 aliphatic carbocycles. The first kappa shape index (κ1) is 10.6. The van der Waals surface area contributed by atoms with Crippen LogP contribution < -0.4 is 4.90 Å². The Balaban J connectivity index is 2.40. The molecule has 16 heavy (non-hydrogen) atoms. The average molecular weight is 223 g/mol. The number of nitrogens with zero attached hydrogens (tertiary/aromatic N) is 1. The van der Waals surface area contributed by atoms with Crippen LogP contribution in [0.1, 0.15) is 23.2 Å². The Morgan fingerprint density at radius 2 is 2.12 bits per heavy atom. The zero-order chi connectivity index (χ0) is 11.7. The van der Waals surface area contributed by atoms with E-state index in [1.807, 2.05) is 0 Å². The molecule has 1 amide bonds. The van der Waals surface area contributed by atoms with E-state index in [4.69, 9.17) is 5.11 Å². The molecule has 1 aromatic rings. The summed E-state index contributed by atoms with van der Waals surface area (Å²) in [6, 6.07) is 3.43. The highest BCUT2D eigenvalue weighted by Crippen LogP contribution is 2.23. The van der Waals surface area contributed by atoms with Gasteiger partial charge in [-0.3, -0.25) is 4.79 Å². The van der Waals surface area contributed by atoms with Crippen molar-refractivity contribution in [3.8, 4) is 0 Å². The number of benzene rings is 1. The molecule has 5 heteroatoms. The Morgan fingerprint density at radius 1 is 1.38 bits per heavy atom. The number of hydrogen-bond donors (Lipinski definition) is 1. The number of rotatable bonds is 2. The van der Waals surface area contributed by atoms with Crippen LogP contribution in [-0.2, 0) is 4.79 Å². The molecule has 0 saturated carbocycles. The first-order valence-corrected chi connectivity index (χ1v) is 4.92. The van der Waals surface area contributed by atoms with Gasteiger partial charge in [0, 0.05) is 18.7 Å². The first-order chi connectivity index (χ1) is 7.58. The number of carboxylic acid groups (broad SMARTS) is 1. The molecular weight excluding hydrogens is 213 g/mol. The molecule has 0 aromatic heterocycles. The van der Waals surface area contributed by atoms with E-state index in [9.17, 15) is 14.0 Å². The number of amides is 1. The molecule has 4 nitrogen and oxygen atoms in total. The van der Waals surface area contributed by atoms with Gasteiger partial charge in [-0.25, -0.2) is 9.18 Å². The van der Waals surface area contributed by atoms with Crippen LogP contribution in [-0.4, -0.2) is 23.5 Å². The predicted octanol–water partition coefficient (Wildman–Crippen LogP) is 1.65. The maximum Gasteiger partial charge on any atom is 0.335 e. The van der Waals surface area contributed by atoms with Crippen LogP contribution in [0.15, 0.2) is 18.2 Å². The van der Waals surface area contributed by atoms with Crippen molar-refractivity contribution in [2.24, 2.45) is 0 Å². The first-order valence-electron chi connectivity index (χ1n) is 4.92. The van der Waals surface area contributed by atoms with Crippen LogP contribution in [0, 0.1) is 5.82 Å². The minimum absolute atomic E-state index is 0.0954. The van der Waals surface area contributed by atoms with Crippen molar-refractivity contribution in [2.75, 3.05) is 11.4 Å². The summed E-state index contributed by atoms with van der Waals surface area (Å²) in [5.41, 5.74) is 0.176. The van der Waals surface area contributed by atoms with Crippen LogP contribution in [0.2, 0.25) is 0 Å². The van der Waals surface area contributed by atoms with Gasteiger partial charge in [0.15, 0.2) is 0 Å². The fourth-order valence-electron chi connectivity index (χ4n) is 1.77. The number of halogens is 1. The third-order valence-electron chi connectivity index (χ3n) is 2.51. The third kappa shape index (κ3) is 1.88. The molecule has 1 fully saturated rings. The largest absolute Gasteiger partial charge is 0.478 e. The van der Waals surface area contributed by atoms with Gasteiger partial charge in [-0.1, -0.05) is 0 Å². The number of hydrogen-bond acceptors (Lipinski definition) is 2. The molecule has 1 aliphatic heterocycles. The van der Waals surface area contributed by atoms with E-state index in [0.29, 0.717) is 18.7 Å². The molecule has 1 aromatic carbocycles. The molecule has 0 atom stereocenters. The maximum absolute atomic E-state index is 13.2. The van der Waals surface area contributed by atoms with Crippen molar-refractivity contribution in [2.45, 2.75) is 12.8 Å².